The van der Waals surface area contributed by atoms with Crippen LogP contribution in [0.2, 0.25) is 0 Å². The molecule has 8 nitrogen and oxygen atoms in total. The summed E-state index contributed by atoms with van der Waals surface area (Å²) in [6, 6.07) is 5.47. The lowest BCUT2D eigenvalue weighted by Gasteiger charge is -2.11. The fourth-order valence-electron chi connectivity index (χ4n) is 2.91. The number of carbonyl (C=O) groups excluding carboxylic acids is 1. The number of hydrogen-bond donors (Lipinski definition) is 1. The number of rotatable bonds is 5. The number of anilines is 1. The van der Waals surface area contributed by atoms with Crippen LogP contribution in [0.3, 0.4) is 0 Å². The molecule has 1 aromatic carbocycles. The van der Waals surface area contributed by atoms with Gasteiger partial charge in [-0.15, -0.1) is 21.5 Å². The number of aromatic nitrogens is 2. The number of thiophene rings is 1. The molecule has 0 unspecified atom stereocenters. The van der Waals surface area contributed by atoms with E-state index in [-0.39, 0.29) is 27.6 Å². The number of nitrogens with zero attached hydrogens (tertiary/aromatic N) is 3. The van der Waals surface area contributed by atoms with Crippen molar-refractivity contribution in [2.45, 2.75) is 24.0 Å². The molecule has 1 aliphatic rings. The lowest BCUT2D eigenvalue weighted by Crippen LogP contribution is -2.27. The van der Waals surface area contributed by atoms with Gasteiger partial charge in [-0.05, 0) is 43.5 Å². The SMILES string of the molecule is Cc1ccc(NS(=O)(=O)c2cc(-c3nnc(C(=O)N4CCCC4)o3)cs2)cc1F. The van der Waals surface area contributed by atoms with Crippen molar-refractivity contribution in [3.05, 3.63) is 46.9 Å². The smallest absolute Gasteiger partial charge is 0.311 e. The van der Waals surface area contributed by atoms with E-state index < -0.39 is 15.8 Å². The van der Waals surface area contributed by atoms with Crippen LogP contribution in [0.25, 0.3) is 11.5 Å². The van der Waals surface area contributed by atoms with Crippen molar-refractivity contribution in [1.29, 1.82) is 0 Å². The summed E-state index contributed by atoms with van der Waals surface area (Å²) in [5, 5.41) is 9.19. The molecule has 3 heterocycles. The highest BCUT2D eigenvalue weighted by Crippen LogP contribution is 2.29. The van der Waals surface area contributed by atoms with Gasteiger partial charge >= 0.3 is 11.8 Å². The molecule has 152 valence electrons. The number of carbonyl (C=O) groups is 1. The first-order chi connectivity index (χ1) is 13.8. The van der Waals surface area contributed by atoms with Crippen molar-refractivity contribution in [3.8, 4) is 11.5 Å². The first-order valence-electron chi connectivity index (χ1n) is 8.84. The van der Waals surface area contributed by atoms with Gasteiger partial charge in [0.25, 0.3) is 10.0 Å². The van der Waals surface area contributed by atoms with Gasteiger partial charge < -0.3 is 9.32 Å². The predicted molar refractivity (Wildman–Crippen MR) is 105 cm³/mol. The fraction of sp³-hybridized carbons (Fsp3) is 0.278. The molecule has 0 atom stereocenters. The first kappa shape index (κ1) is 19.5. The van der Waals surface area contributed by atoms with Crippen LogP contribution in [-0.4, -0.2) is 42.5 Å². The normalized spacial score (nSPS) is 14.3. The minimum Gasteiger partial charge on any atom is -0.412 e. The Balaban J connectivity index is 1.53. The highest BCUT2D eigenvalue weighted by molar-refractivity contribution is 7.94. The third-order valence-corrected chi connectivity index (χ3v) is 7.33. The van der Waals surface area contributed by atoms with E-state index in [4.69, 9.17) is 4.42 Å². The maximum atomic E-state index is 13.7. The second kappa shape index (κ2) is 7.56. The molecule has 0 bridgehead atoms. The van der Waals surface area contributed by atoms with Crippen molar-refractivity contribution in [2.24, 2.45) is 0 Å². The molecular formula is C18H17FN4O4S2. The van der Waals surface area contributed by atoms with Gasteiger partial charge in [-0.3, -0.25) is 9.52 Å². The van der Waals surface area contributed by atoms with Gasteiger partial charge in [-0.25, -0.2) is 12.8 Å². The van der Waals surface area contributed by atoms with Crippen LogP contribution < -0.4 is 4.72 Å². The van der Waals surface area contributed by atoms with Gasteiger partial charge in [0.2, 0.25) is 5.89 Å². The second-order valence-corrected chi connectivity index (χ2v) is 9.46. The summed E-state index contributed by atoms with van der Waals surface area (Å²) in [6.07, 6.45) is 1.88. The van der Waals surface area contributed by atoms with Crippen molar-refractivity contribution < 1.29 is 22.0 Å². The van der Waals surface area contributed by atoms with Crippen LogP contribution in [-0.2, 0) is 10.0 Å². The third-order valence-electron chi connectivity index (χ3n) is 4.51. The Bertz CT molecular complexity index is 1170. The molecule has 1 N–H and O–H groups in total. The Morgan fingerprint density at radius 2 is 2.00 bits per heavy atom. The summed E-state index contributed by atoms with van der Waals surface area (Å²) < 4.78 is 46.6. The number of benzene rings is 1. The van der Waals surface area contributed by atoms with Crippen LogP contribution >= 0.6 is 11.3 Å². The molecule has 29 heavy (non-hydrogen) atoms. The Morgan fingerprint density at radius 3 is 2.72 bits per heavy atom. The maximum Gasteiger partial charge on any atom is 0.311 e. The highest BCUT2D eigenvalue weighted by Gasteiger charge is 2.26. The molecule has 11 heteroatoms. The van der Waals surface area contributed by atoms with Crippen LogP contribution in [0.4, 0.5) is 10.1 Å². The molecule has 0 spiro atoms. The van der Waals surface area contributed by atoms with Crippen LogP contribution in [0.1, 0.15) is 29.1 Å². The van der Waals surface area contributed by atoms with E-state index in [1.54, 1.807) is 17.2 Å². The zero-order valence-corrected chi connectivity index (χ0v) is 17.0. The van der Waals surface area contributed by atoms with Crippen molar-refractivity contribution >= 4 is 33.0 Å². The Morgan fingerprint density at radius 1 is 1.24 bits per heavy atom. The number of hydrogen-bond acceptors (Lipinski definition) is 7. The minimum absolute atomic E-state index is 0.000831. The van der Waals surface area contributed by atoms with Crippen molar-refractivity contribution in [2.75, 3.05) is 17.8 Å². The summed E-state index contributed by atoms with van der Waals surface area (Å²) in [5.41, 5.74) is 0.930. The average molecular weight is 436 g/mol. The Hall–Kier alpha value is -2.79. The summed E-state index contributed by atoms with van der Waals surface area (Å²) in [5.74, 6) is -0.886. The quantitative estimate of drug-likeness (QED) is 0.658. The molecule has 0 saturated carbocycles. The molecule has 0 radical (unpaired) electrons. The molecule has 1 amide bonds. The van der Waals surface area contributed by atoms with E-state index in [0.29, 0.717) is 24.2 Å². The summed E-state index contributed by atoms with van der Waals surface area (Å²) in [4.78, 5) is 14.0. The van der Waals surface area contributed by atoms with Crippen molar-refractivity contribution in [1.82, 2.24) is 15.1 Å². The molecular weight excluding hydrogens is 419 g/mol. The molecule has 1 aliphatic heterocycles. The van der Waals surface area contributed by atoms with E-state index >= 15 is 0 Å². The Labute approximate surface area is 170 Å². The van der Waals surface area contributed by atoms with Gasteiger partial charge in [0, 0.05) is 18.5 Å². The van der Waals surface area contributed by atoms with Gasteiger partial charge in [0.1, 0.15) is 10.0 Å². The van der Waals surface area contributed by atoms with Gasteiger partial charge in [-0.2, -0.15) is 0 Å². The van der Waals surface area contributed by atoms with Crippen molar-refractivity contribution in [3.63, 3.8) is 0 Å². The molecule has 2 aromatic heterocycles. The summed E-state index contributed by atoms with van der Waals surface area (Å²) >= 11 is 0.954. The monoisotopic (exact) mass is 436 g/mol. The van der Waals surface area contributed by atoms with Crippen LogP contribution in [0.15, 0.2) is 38.3 Å². The lowest BCUT2D eigenvalue weighted by molar-refractivity contribution is 0.0754. The predicted octanol–water partition coefficient (Wildman–Crippen LogP) is 3.28. The molecule has 1 fully saturated rings. The minimum atomic E-state index is -3.92. The van der Waals surface area contributed by atoms with E-state index in [1.165, 1.54) is 18.2 Å². The standard InChI is InChI=1S/C18H17FN4O4S2/c1-11-4-5-13(9-14(11)19)22-29(25,26)15-8-12(10-28-15)16-20-21-17(27-16)18(24)23-6-2-3-7-23/h4-5,8-10,22H,2-3,6-7H2,1H3. The van der Waals surface area contributed by atoms with E-state index in [0.717, 1.165) is 30.2 Å². The molecule has 1 saturated heterocycles. The average Bonchev–Trinajstić information content (AvgIpc) is 3.44. The number of likely N-dealkylation sites (tertiary alicyclic amines) is 1. The first-order valence-corrected chi connectivity index (χ1v) is 11.2. The highest BCUT2D eigenvalue weighted by atomic mass is 32.2. The lowest BCUT2D eigenvalue weighted by atomic mass is 10.2. The van der Waals surface area contributed by atoms with Crippen LogP contribution in [0.5, 0.6) is 0 Å². The van der Waals surface area contributed by atoms with Gasteiger partial charge in [0.15, 0.2) is 0 Å². The molecule has 0 aliphatic carbocycles. The van der Waals surface area contributed by atoms with E-state index in [2.05, 4.69) is 14.9 Å². The maximum absolute atomic E-state index is 13.7. The van der Waals surface area contributed by atoms with Gasteiger partial charge in [-0.1, -0.05) is 6.07 Å². The topological polar surface area (TPSA) is 105 Å². The number of amides is 1. The zero-order chi connectivity index (χ0) is 20.6. The van der Waals surface area contributed by atoms with Gasteiger partial charge in [0.05, 0.1) is 11.3 Å². The summed E-state index contributed by atoms with van der Waals surface area (Å²) in [6.45, 7) is 2.90. The Kier molecular flexibility index (Phi) is 5.09. The number of sulfonamides is 1. The van der Waals surface area contributed by atoms with E-state index in [1.807, 2.05) is 0 Å². The zero-order valence-electron chi connectivity index (χ0n) is 15.4. The number of halogens is 1. The number of aryl methyl sites for hydroxylation is 1. The fourth-order valence-corrected chi connectivity index (χ4v) is 5.12. The van der Waals surface area contributed by atoms with E-state index in [9.17, 15) is 17.6 Å². The summed E-state index contributed by atoms with van der Waals surface area (Å²) in [7, 11) is -3.92. The second-order valence-electron chi connectivity index (χ2n) is 6.64. The van der Waals surface area contributed by atoms with Crippen LogP contribution in [0, 0.1) is 12.7 Å². The largest absolute Gasteiger partial charge is 0.412 e. The molecule has 3 aromatic rings. The third kappa shape index (κ3) is 4.01. The number of nitrogens with one attached hydrogen (secondary N) is 1. The molecule has 4 rings (SSSR count).